The molecule has 0 bridgehead atoms. The van der Waals surface area contributed by atoms with Gasteiger partial charge in [-0.3, -0.25) is 14.6 Å². The van der Waals surface area contributed by atoms with Gasteiger partial charge in [-0.05, 0) is 48.9 Å². The van der Waals surface area contributed by atoms with Gasteiger partial charge in [0.05, 0.1) is 18.2 Å². The molecule has 4 rings (SSSR count). The van der Waals surface area contributed by atoms with E-state index in [2.05, 4.69) is 10.2 Å². The predicted molar refractivity (Wildman–Crippen MR) is 133 cm³/mol. The van der Waals surface area contributed by atoms with Crippen LogP contribution in [0.4, 0.5) is 9.18 Å². The van der Waals surface area contributed by atoms with Crippen LogP contribution in [0.1, 0.15) is 28.9 Å². The van der Waals surface area contributed by atoms with Crippen LogP contribution in [0.15, 0.2) is 59.8 Å². The van der Waals surface area contributed by atoms with Crippen molar-refractivity contribution in [2.75, 3.05) is 46.4 Å². The van der Waals surface area contributed by atoms with Crippen molar-refractivity contribution < 1.29 is 23.5 Å². The highest BCUT2D eigenvalue weighted by molar-refractivity contribution is 6.30. The number of carbonyl (C=O) groups excluding carboxylic acids is 3. The predicted octanol–water partition coefficient (Wildman–Crippen LogP) is 3.45. The van der Waals surface area contributed by atoms with Crippen LogP contribution in [0.5, 0.6) is 0 Å². The molecule has 2 aliphatic heterocycles. The number of likely N-dealkylation sites (N-methyl/N-ethyl adjacent to an activating group) is 1. The molecule has 2 heterocycles. The van der Waals surface area contributed by atoms with E-state index < -0.39 is 23.9 Å². The number of halogens is 2. The summed E-state index contributed by atoms with van der Waals surface area (Å²) in [5, 5.41) is 3.36. The monoisotopic (exact) mass is 514 g/mol. The van der Waals surface area contributed by atoms with E-state index in [0.717, 1.165) is 0 Å². The number of nitrogens with zero attached hydrogens (tertiary/aromatic N) is 3. The van der Waals surface area contributed by atoms with Crippen molar-refractivity contribution in [2.24, 2.45) is 0 Å². The standard InChI is InChI=1S/C26H28ClFN4O4/c1-3-36-25(34)22-21(30(2)26(35)29-23(22)18-5-4-6-20(28)15-18)16-31-11-13-32(14-12-31)24(33)17-7-9-19(27)10-8-17/h4-10,15,23H,3,11-14,16H2,1-2H3,(H,29,35). The van der Waals surface area contributed by atoms with Crippen LogP contribution in [0.2, 0.25) is 5.02 Å². The second-order valence-electron chi connectivity index (χ2n) is 8.65. The molecule has 10 heteroatoms. The van der Waals surface area contributed by atoms with Gasteiger partial charge in [0.15, 0.2) is 0 Å². The largest absolute Gasteiger partial charge is 0.463 e. The molecule has 0 radical (unpaired) electrons. The van der Waals surface area contributed by atoms with Gasteiger partial charge in [0, 0.05) is 56.1 Å². The second kappa shape index (κ2) is 11.1. The first-order valence-corrected chi connectivity index (χ1v) is 12.1. The maximum Gasteiger partial charge on any atom is 0.338 e. The Kier molecular flexibility index (Phi) is 7.91. The number of carbonyl (C=O) groups is 3. The van der Waals surface area contributed by atoms with E-state index in [0.29, 0.717) is 54.6 Å². The zero-order valence-corrected chi connectivity index (χ0v) is 20.9. The third-order valence-electron chi connectivity index (χ3n) is 6.38. The summed E-state index contributed by atoms with van der Waals surface area (Å²) in [4.78, 5) is 44.0. The molecule has 3 amide bonds. The maximum absolute atomic E-state index is 14.0. The summed E-state index contributed by atoms with van der Waals surface area (Å²) in [7, 11) is 1.59. The Labute approximate surface area is 214 Å². The Bertz CT molecular complexity index is 1180. The molecule has 0 spiro atoms. The minimum absolute atomic E-state index is 0.0712. The molecular weight excluding hydrogens is 487 g/mol. The van der Waals surface area contributed by atoms with Crippen LogP contribution < -0.4 is 5.32 Å². The summed E-state index contributed by atoms with van der Waals surface area (Å²) in [5.74, 6) is -1.10. The van der Waals surface area contributed by atoms with Gasteiger partial charge in [0.1, 0.15) is 5.82 Å². The molecule has 190 valence electrons. The Morgan fingerprint density at radius 2 is 1.81 bits per heavy atom. The quantitative estimate of drug-likeness (QED) is 0.597. The van der Waals surface area contributed by atoms with Crippen molar-refractivity contribution >= 4 is 29.5 Å². The van der Waals surface area contributed by atoms with E-state index in [1.165, 1.54) is 23.1 Å². The molecule has 0 aliphatic carbocycles. The summed E-state index contributed by atoms with van der Waals surface area (Å²) in [6.07, 6.45) is 0. The van der Waals surface area contributed by atoms with Gasteiger partial charge >= 0.3 is 12.0 Å². The van der Waals surface area contributed by atoms with Gasteiger partial charge in [-0.15, -0.1) is 0 Å². The molecule has 2 aromatic carbocycles. The number of hydrogen-bond donors (Lipinski definition) is 1. The Morgan fingerprint density at radius 1 is 1.11 bits per heavy atom. The summed E-state index contributed by atoms with van der Waals surface area (Å²) in [5.41, 5.74) is 1.78. The molecule has 2 aromatic rings. The molecule has 0 saturated carbocycles. The van der Waals surface area contributed by atoms with E-state index in [9.17, 15) is 18.8 Å². The lowest BCUT2D eigenvalue weighted by atomic mass is 9.94. The van der Waals surface area contributed by atoms with Gasteiger partial charge < -0.3 is 15.0 Å². The Balaban J connectivity index is 1.56. The minimum atomic E-state index is -0.841. The average Bonchev–Trinajstić information content (AvgIpc) is 2.87. The van der Waals surface area contributed by atoms with Gasteiger partial charge in [-0.2, -0.15) is 0 Å². The molecule has 1 N–H and O–H groups in total. The Morgan fingerprint density at radius 3 is 2.44 bits per heavy atom. The first kappa shape index (κ1) is 25.7. The van der Waals surface area contributed by atoms with Crippen LogP contribution in [-0.4, -0.2) is 79.0 Å². The summed E-state index contributed by atoms with van der Waals surface area (Å²) >= 11 is 5.93. The summed E-state index contributed by atoms with van der Waals surface area (Å²) in [6, 6.07) is 11.3. The van der Waals surface area contributed by atoms with Crippen LogP contribution in [0.3, 0.4) is 0 Å². The second-order valence-corrected chi connectivity index (χ2v) is 9.09. The summed E-state index contributed by atoms with van der Waals surface area (Å²) < 4.78 is 19.3. The van der Waals surface area contributed by atoms with Crippen molar-refractivity contribution in [1.82, 2.24) is 20.0 Å². The fourth-order valence-corrected chi connectivity index (χ4v) is 4.56. The van der Waals surface area contributed by atoms with Gasteiger partial charge in [-0.1, -0.05) is 23.7 Å². The molecule has 8 nitrogen and oxygen atoms in total. The van der Waals surface area contributed by atoms with E-state index in [4.69, 9.17) is 16.3 Å². The van der Waals surface area contributed by atoms with Crippen molar-refractivity contribution in [3.05, 3.63) is 81.8 Å². The number of hydrogen-bond acceptors (Lipinski definition) is 5. The average molecular weight is 515 g/mol. The number of piperazine rings is 1. The third kappa shape index (κ3) is 5.52. The maximum atomic E-state index is 14.0. The number of esters is 1. The van der Waals surface area contributed by atoms with E-state index >= 15 is 0 Å². The third-order valence-corrected chi connectivity index (χ3v) is 6.63. The van der Waals surface area contributed by atoms with Crippen molar-refractivity contribution in [3.8, 4) is 0 Å². The highest BCUT2D eigenvalue weighted by atomic mass is 35.5. The lowest BCUT2D eigenvalue weighted by molar-refractivity contribution is -0.139. The van der Waals surface area contributed by atoms with Gasteiger partial charge in [-0.25, -0.2) is 14.0 Å². The zero-order chi connectivity index (χ0) is 25.8. The lowest BCUT2D eigenvalue weighted by Gasteiger charge is -2.39. The smallest absolute Gasteiger partial charge is 0.338 e. The number of nitrogens with one attached hydrogen (secondary N) is 1. The first-order valence-electron chi connectivity index (χ1n) is 11.8. The highest BCUT2D eigenvalue weighted by Gasteiger charge is 2.38. The van der Waals surface area contributed by atoms with E-state index in [1.807, 2.05) is 0 Å². The SMILES string of the molecule is CCOC(=O)C1=C(CN2CCN(C(=O)c3ccc(Cl)cc3)CC2)N(C)C(=O)NC1c1cccc(F)c1. The normalized spacial score (nSPS) is 18.8. The van der Waals surface area contributed by atoms with Crippen LogP contribution in [0, 0.1) is 5.82 Å². The topological polar surface area (TPSA) is 82.2 Å². The minimum Gasteiger partial charge on any atom is -0.463 e. The van der Waals surface area contributed by atoms with Crippen LogP contribution in [0.25, 0.3) is 0 Å². The number of ether oxygens (including phenoxy) is 1. The van der Waals surface area contributed by atoms with Crippen molar-refractivity contribution in [2.45, 2.75) is 13.0 Å². The van der Waals surface area contributed by atoms with Crippen LogP contribution >= 0.6 is 11.6 Å². The van der Waals surface area contributed by atoms with Gasteiger partial charge in [0.2, 0.25) is 0 Å². The fraction of sp³-hybridized carbons (Fsp3) is 0.346. The number of rotatable bonds is 6. The Hall–Kier alpha value is -3.43. The van der Waals surface area contributed by atoms with Crippen molar-refractivity contribution in [3.63, 3.8) is 0 Å². The molecule has 1 unspecified atom stereocenters. The van der Waals surface area contributed by atoms with Crippen LogP contribution in [-0.2, 0) is 9.53 Å². The highest BCUT2D eigenvalue weighted by Crippen LogP contribution is 2.32. The number of urea groups is 1. The summed E-state index contributed by atoms with van der Waals surface area (Å²) in [6.45, 7) is 4.26. The molecule has 36 heavy (non-hydrogen) atoms. The molecule has 2 aliphatic rings. The fourth-order valence-electron chi connectivity index (χ4n) is 4.43. The zero-order valence-electron chi connectivity index (χ0n) is 20.2. The van der Waals surface area contributed by atoms with E-state index in [-0.39, 0.29) is 18.1 Å². The van der Waals surface area contributed by atoms with E-state index in [1.54, 1.807) is 49.2 Å². The number of benzene rings is 2. The molecule has 1 atom stereocenters. The van der Waals surface area contributed by atoms with Crippen molar-refractivity contribution in [1.29, 1.82) is 0 Å². The molecule has 1 saturated heterocycles. The molecular formula is C26H28ClFN4O4. The first-order chi connectivity index (χ1) is 17.3. The number of amides is 3. The molecule has 1 fully saturated rings. The molecule has 0 aromatic heterocycles. The lowest BCUT2D eigenvalue weighted by Crippen LogP contribution is -2.53. The van der Waals surface area contributed by atoms with Gasteiger partial charge in [0.25, 0.3) is 5.91 Å².